The second kappa shape index (κ2) is 8.47. The van der Waals surface area contributed by atoms with Crippen molar-refractivity contribution in [2.75, 3.05) is 21.3 Å². The molecule has 0 aliphatic rings. The molecule has 4 nitrogen and oxygen atoms in total. The standard InChI is InChI=1S/C18H21Cl2NO3/c1-11(14-6-5-13(19)8-15(14)20)21-10-12-7-17(23-3)18(24-4)9-16(12)22-2/h5-9,11,21H,10H2,1-4H3. The Morgan fingerprint density at radius 2 is 1.54 bits per heavy atom. The van der Waals surface area contributed by atoms with Crippen LogP contribution < -0.4 is 19.5 Å². The Balaban J connectivity index is 2.18. The third kappa shape index (κ3) is 4.26. The molecule has 1 N–H and O–H groups in total. The molecule has 0 heterocycles. The summed E-state index contributed by atoms with van der Waals surface area (Å²) < 4.78 is 16.1. The Morgan fingerprint density at radius 1 is 0.917 bits per heavy atom. The fourth-order valence-electron chi connectivity index (χ4n) is 2.46. The smallest absolute Gasteiger partial charge is 0.164 e. The van der Waals surface area contributed by atoms with Crippen LogP contribution in [0.2, 0.25) is 10.0 Å². The van der Waals surface area contributed by atoms with Crippen molar-refractivity contribution >= 4 is 23.2 Å². The van der Waals surface area contributed by atoms with Gasteiger partial charge >= 0.3 is 0 Å². The number of ether oxygens (including phenoxy) is 3. The molecule has 2 rings (SSSR count). The zero-order chi connectivity index (χ0) is 17.7. The molecule has 2 aromatic rings. The predicted molar refractivity (Wildman–Crippen MR) is 97.8 cm³/mol. The van der Waals surface area contributed by atoms with E-state index in [2.05, 4.69) is 5.32 Å². The molecule has 0 saturated heterocycles. The summed E-state index contributed by atoms with van der Waals surface area (Å²) in [7, 11) is 4.84. The molecule has 0 bridgehead atoms. The van der Waals surface area contributed by atoms with Crippen molar-refractivity contribution in [3.8, 4) is 17.2 Å². The lowest BCUT2D eigenvalue weighted by Crippen LogP contribution is -2.19. The fraction of sp³-hybridized carbons (Fsp3) is 0.333. The van der Waals surface area contributed by atoms with Crippen LogP contribution in [0, 0.1) is 0 Å². The average molecular weight is 370 g/mol. The zero-order valence-corrected chi connectivity index (χ0v) is 15.7. The summed E-state index contributed by atoms with van der Waals surface area (Å²) >= 11 is 12.2. The molecular formula is C18H21Cl2NO3. The third-order valence-electron chi connectivity index (χ3n) is 3.81. The van der Waals surface area contributed by atoms with E-state index in [4.69, 9.17) is 37.4 Å². The van der Waals surface area contributed by atoms with Crippen LogP contribution in [-0.2, 0) is 6.54 Å². The summed E-state index contributed by atoms with van der Waals surface area (Å²) in [6.07, 6.45) is 0. The number of hydrogen-bond acceptors (Lipinski definition) is 4. The number of benzene rings is 2. The second-order valence-corrected chi connectivity index (χ2v) is 6.13. The summed E-state index contributed by atoms with van der Waals surface area (Å²) in [5.41, 5.74) is 1.95. The first kappa shape index (κ1) is 18.7. The maximum atomic E-state index is 6.27. The third-order valence-corrected chi connectivity index (χ3v) is 4.38. The first-order valence-corrected chi connectivity index (χ1v) is 8.23. The first-order chi connectivity index (χ1) is 11.5. The highest BCUT2D eigenvalue weighted by molar-refractivity contribution is 6.35. The van der Waals surface area contributed by atoms with Gasteiger partial charge in [0.05, 0.1) is 21.3 Å². The Bertz CT molecular complexity index is 707. The van der Waals surface area contributed by atoms with E-state index < -0.39 is 0 Å². The van der Waals surface area contributed by atoms with E-state index in [9.17, 15) is 0 Å². The molecular weight excluding hydrogens is 349 g/mol. The Kier molecular flexibility index (Phi) is 6.60. The average Bonchev–Trinajstić information content (AvgIpc) is 2.58. The molecule has 1 unspecified atom stereocenters. The number of halogens is 2. The van der Waals surface area contributed by atoms with Crippen molar-refractivity contribution in [1.29, 1.82) is 0 Å². The molecule has 0 saturated carbocycles. The molecule has 0 aliphatic carbocycles. The van der Waals surface area contributed by atoms with Gasteiger partial charge < -0.3 is 19.5 Å². The van der Waals surface area contributed by atoms with Gasteiger partial charge in [-0.05, 0) is 30.7 Å². The van der Waals surface area contributed by atoms with Crippen LogP contribution in [0.15, 0.2) is 30.3 Å². The lowest BCUT2D eigenvalue weighted by Gasteiger charge is -2.18. The molecule has 1 atom stereocenters. The van der Waals surface area contributed by atoms with E-state index in [1.54, 1.807) is 27.4 Å². The molecule has 130 valence electrons. The van der Waals surface area contributed by atoms with Crippen molar-refractivity contribution in [1.82, 2.24) is 5.32 Å². The van der Waals surface area contributed by atoms with Crippen LogP contribution in [0.5, 0.6) is 17.2 Å². The van der Waals surface area contributed by atoms with Gasteiger partial charge in [-0.1, -0.05) is 29.3 Å². The normalized spacial score (nSPS) is 11.9. The molecule has 0 amide bonds. The van der Waals surface area contributed by atoms with Crippen molar-refractivity contribution in [3.63, 3.8) is 0 Å². The van der Waals surface area contributed by atoms with Gasteiger partial charge in [-0.2, -0.15) is 0 Å². The van der Waals surface area contributed by atoms with E-state index in [0.29, 0.717) is 28.1 Å². The quantitative estimate of drug-likeness (QED) is 0.755. The van der Waals surface area contributed by atoms with Crippen molar-refractivity contribution in [3.05, 3.63) is 51.5 Å². The van der Waals surface area contributed by atoms with Crippen LogP contribution in [0.4, 0.5) is 0 Å². The molecule has 0 aliphatic heterocycles. The second-order valence-electron chi connectivity index (χ2n) is 5.29. The van der Waals surface area contributed by atoms with Gasteiger partial charge in [0.15, 0.2) is 11.5 Å². The van der Waals surface area contributed by atoms with Gasteiger partial charge in [0.25, 0.3) is 0 Å². The largest absolute Gasteiger partial charge is 0.496 e. The van der Waals surface area contributed by atoms with E-state index in [1.807, 2.05) is 31.2 Å². The van der Waals surface area contributed by atoms with E-state index in [1.165, 1.54) is 0 Å². The molecule has 0 radical (unpaired) electrons. The van der Waals surface area contributed by atoms with E-state index >= 15 is 0 Å². The van der Waals surface area contributed by atoms with Crippen LogP contribution >= 0.6 is 23.2 Å². The predicted octanol–water partition coefficient (Wildman–Crippen LogP) is 4.87. The van der Waals surface area contributed by atoms with Crippen LogP contribution in [0.25, 0.3) is 0 Å². The summed E-state index contributed by atoms with van der Waals surface area (Å²) in [6, 6.07) is 9.27. The monoisotopic (exact) mass is 369 g/mol. The van der Waals surface area contributed by atoms with Crippen molar-refractivity contribution in [2.24, 2.45) is 0 Å². The van der Waals surface area contributed by atoms with Gasteiger partial charge in [-0.3, -0.25) is 0 Å². The Labute approximate surface area is 152 Å². The van der Waals surface area contributed by atoms with Gasteiger partial charge in [0.1, 0.15) is 5.75 Å². The molecule has 0 aromatic heterocycles. The summed E-state index contributed by atoms with van der Waals surface area (Å²) in [5.74, 6) is 2.02. The maximum absolute atomic E-state index is 6.27. The summed E-state index contributed by atoms with van der Waals surface area (Å²) in [4.78, 5) is 0. The van der Waals surface area contributed by atoms with Gasteiger partial charge in [0, 0.05) is 34.3 Å². The molecule has 0 spiro atoms. The minimum Gasteiger partial charge on any atom is -0.496 e. The topological polar surface area (TPSA) is 39.7 Å². The first-order valence-electron chi connectivity index (χ1n) is 7.47. The van der Waals surface area contributed by atoms with Crippen LogP contribution in [0.1, 0.15) is 24.1 Å². The lowest BCUT2D eigenvalue weighted by atomic mass is 10.1. The number of rotatable bonds is 7. The fourth-order valence-corrected chi connectivity index (χ4v) is 3.03. The zero-order valence-electron chi connectivity index (χ0n) is 14.2. The van der Waals surface area contributed by atoms with Gasteiger partial charge in [0.2, 0.25) is 0 Å². The van der Waals surface area contributed by atoms with E-state index in [-0.39, 0.29) is 6.04 Å². The Morgan fingerprint density at radius 3 is 2.12 bits per heavy atom. The van der Waals surface area contributed by atoms with Crippen LogP contribution in [0.3, 0.4) is 0 Å². The highest BCUT2D eigenvalue weighted by Gasteiger charge is 2.14. The van der Waals surface area contributed by atoms with Crippen molar-refractivity contribution < 1.29 is 14.2 Å². The number of methoxy groups -OCH3 is 3. The lowest BCUT2D eigenvalue weighted by molar-refractivity contribution is 0.346. The summed E-state index contributed by atoms with van der Waals surface area (Å²) in [5, 5.41) is 4.70. The van der Waals surface area contributed by atoms with Gasteiger partial charge in [-0.25, -0.2) is 0 Å². The molecule has 0 fully saturated rings. The number of nitrogens with one attached hydrogen (secondary N) is 1. The maximum Gasteiger partial charge on any atom is 0.164 e. The van der Waals surface area contributed by atoms with E-state index in [0.717, 1.165) is 16.9 Å². The van der Waals surface area contributed by atoms with Crippen LogP contribution in [-0.4, -0.2) is 21.3 Å². The van der Waals surface area contributed by atoms with Crippen molar-refractivity contribution in [2.45, 2.75) is 19.5 Å². The highest BCUT2D eigenvalue weighted by Crippen LogP contribution is 2.35. The molecule has 2 aromatic carbocycles. The Hall–Kier alpha value is -1.62. The molecule has 24 heavy (non-hydrogen) atoms. The summed E-state index contributed by atoms with van der Waals surface area (Å²) in [6.45, 7) is 2.63. The van der Waals surface area contributed by atoms with Gasteiger partial charge in [-0.15, -0.1) is 0 Å². The highest BCUT2D eigenvalue weighted by atomic mass is 35.5. The minimum absolute atomic E-state index is 0.0487. The molecule has 6 heteroatoms. The SMILES string of the molecule is COc1cc(OC)c(OC)cc1CNC(C)c1ccc(Cl)cc1Cl. The number of hydrogen-bond donors (Lipinski definition) is 1. The minimum atomic E-state index is 0.0487.